The minimum Gasteiger partial charge on any atom is -0.465 e. The fourth-order valence-corrected chi connectivity index (χ4v) is 3.27. The van der Waals surface area contributed by atoms with Crippen molar-refractivity contribution in [2.45, 2.75) is 38.8 Å². The smallest absolute Gasteiger partial charge is 0.337 e. The zero-order valence-corrected chi connectivity index (χ0v) is 14.3. The van der Waals surface area contributed by atoms with E-state index in [-0.39, 0.29) is 17.3 Å². The second-order valence-corrected chi connectivity index (χ2v) is 6.86. The standard InChI is InChI=1S/C20H22FNO2/c1-20(2)11-10-16-12-17(21)8-9-18(16)22(20)13-14-4-6-15(7-5-14)19(23)24-3/h4-9,12H,10-11,13H2,1-3H3. The van der Waals surface area contributed by atoms with Crippen molar-refractivity contribution in [2.24, 2.45) is 0 Å². The molecule has 4 heteroatoms. The van der Waals surface area contributed by atoms with Crippen molar-refractivity contribution in [1.82, 2.24) is 0 Å². The number of fused-ring (bicyclic) bond motifs is 1. The summed E-state index contributed by atoms with van der Waals surface area (Å²) in [6.45, 7) is 5.14. The van der Waals surface area contributed by atoms with Crippen molar-refractivity contribution in [2.75, 3.05) is 12.0 Å². The minimum absolute atomic E-state index is 0.00809. The van der Waals surface area contributed by atoms with E-state index in [1.54, 1.807) is 18.2 Å². The van der Waals surface area contributed by atoms with Crippen molar-refractivity contribution in [1.29, 1.82) is 0 Å². The van der Waals surface area contributed by atoms with Gasteiger partial charge in [0, 0.05) is 17.8 Å². The van der Waals surface area contributed by atoms with Gasteiger partial charge < -0.3 is 9.64 Å². The molecule has 0 saturated carbocycles. The molecule has 1 aliphatic heterocycles. The first-order valence-electron chi connectivity index (χ1n) is 8.14. The monoisotopic (exact) mass is 327 g/mol. The van der Waals surface area contributed by atoms with E-state index in [2.05, 4.69) is 18.7 Å². The van der Waals surface area contributed by atoms with Gasteiger partial charge >= 0.3 is 5.97 Å². The van der Waals surface area contributed by atoms with Gasteiger partial charge in [0.2, 0.25) is 0 Å². The number of rotatable bonds is 3. The Hall–Kier alpha value is -2.36. The van der Waals surface area contributed by atoms with Gasteiger partial charge in [0.1, 0.15) is 5.82 Å². The molecule has 0 unspecified atom stereocenters. The van der Waals surface area contributed by atoms with Crippen LogP contribution in [-0.4, -0.2) is 18.6 Å². The van der Waals surface area contributed by atoms with Gasteiger partial charge in [0.05, 0.1) is 12.7 Å². The summed E-state index contributed by atoms with van der Waals surface area (Å²) in [5, 5.41) is 0. The van der Waals surface area contributed by atoms with E-state index in [0.29, 0.717) is 12.1 Å². The summed E-state index contributed by atoms with van der Waals surface area (Å²) in [4.78, 5) is 13.9. The molecule has 126 valence electrons. The lowest BCUT2D eigenvalue weighted by Crippen LogP contribution is -2.47. The quantitative estimate of drug-likeness (QED) is 0.785. The van der Waals surface area contributed by atoms with E-state index in [9.17, 15) is 9.18 Å². The molecule has 0 amide bonds. The number of hydrogen-bond acceptors (Lipinski definition) is 3. The number of benzene rings is 2. The highest BCUT2D eigenvalue weighted by Crippen LogP contribution is 2.38. The largest absolute Gasteiger partial charge is 0.465 e. The third-order valence-corrected chi connectivity index (χ3v) is 4.78. The van der Waals surface area contributed by atoms with Crippen molar-refractivity contribution in [3.63, 3.8) is 0 Å². The summed E-state index contributed by atoms with van der Waals surface area (Å²) in [7, 11) is 1.38. The molecule has 0 fully saturated rings. The highest BCUT2D eigenvalue weighted by Gasteiger charge is 2.32. The Morgan fingerprint density at radius 3 is 2.58 bits per heavy atom. The molecular formula is C20H22FNO2. The predicted molar refractivity (Wildman–Crippen MR) is 92.8 cm³/mol. The lowest BCUT2D eigenvalue weighted by Gasteiger charge is -2.45. The molecule has 1 heterocycles. The van der Waals surface area contributed by atoms with Crippen LogP contribution in [0.5, 0.6) is 0 Å². The number of carbonyl (C=O) groups is 1. The van der Waals surface area contributed by atoms with Crippen LogP contribution < -0.4 is 4.90 Å². The SMILES string of the molecule is COC(=O)c1ccc(CN2c3ccc(F)cc3CCC2(C)C)cc1. The summed E-state index contributed by atoms with van der Waals surface area (Å²) in [6.07, 6.45) is 1.86. The van der Waals surface area contributed by atoms with Gasteiger partial charge in [0.25, 0.3) is 0 Å². The van der Waals surface area contributed by atoms with Crippen LogP contribution in [0.25, 0.3) is 0 Å². The molecule has 0 atom stereocenters. The number of anilines is 1. The highest BCUT2D eigenvalue weighted by atomic mass is 19.1. The Labute approximate surface area is 142 Å². The maximum Gasteiger partial charge on any atom is 0.337 e. The van der Waals surface area contributed by atoms with E-state index in [4.69, 9.17) is 4.74 Å². The van der Waals surface area contributed by atoms with Crippen LogP contribution in [0.1, 0.15) is 41.8 Å². The molecular weight excluding hydrogens is 305 g/mol. The van der Waals surface area contributed by atoms with Gasteiger partial charge in [0.15, 0.2) is 0 Å². The van der Waals surface area contributed by atoms with Crippen molar-refractivity contribution in [3.05, 3.63) is 65.0 Å². The van der Waals surface area contributed by atoms with Gasteiger partial charge in [-0.15, -0.1) is 0 Å². The number of nitrogens with zero attached hydrogens (tertiary/aromatic N) is 1. The first-order valence-corrected chi connectivity index (χ1v) is 8.14. The molecule has 24 heavy (non-hydrogen) atoms. The second-order valence-electron chi connectivity index (χ2n) is 6.86. The fraction of sp³-hybridized carbons (Fsp3) is 0.350. The van der Waals surface area contributed by atoms with E-state index in [0.717, 1.165) is 29.7 Å². The summed E-state index contributed by atoms with van der Waals surface area (Å²) >= 11 is 0. The van der Waals surface area contributed by atoms with E-state index in [1.807, 2.05) is 18.2 Å². The van der Waals surface area contributed by atoms with Crippen LogP contribution in [0, 0.1) is 5.82 Å². The van der Waals surface area contributed by atoms with Crippen LogP contribution in [0.4, 0.5) is 10.1 Å². The van der Waals surface area contributed by atoms with Crippen LogP contribution in [-0.2, 0) is 17.7 Å². The van der Waals surface area contributed by atoms with Crippen molar-refractivity contribution < 1.29 is 13.9 Å². The van der Waals surface area contributed by atoms with Crippen molar-refractivity contribution in [3.8, 4) is 0 Å². The van der Waals surface area contributed by atoms with Crippen LogP contribution in [0.2, 0.25) is 0 Å². The van der Waals surface area contributed by atoms with Crippen LogP contribution in [0.3, 0.4) is 0 Å². The second kappa shape index (κ2) is 6.27. The molecule has 0 aliphatic carbocycles. The van der Waals surface area contributed by atoms with Gasteiger partial charge in [-0.25, -0.2) is 9.18 Å². The van der Waals surface area contributed by atoms with Gasteiger partial charge in [-0.05, 0) is 68.1 Å². The van der Waals surface area contributed by atoms with E-state index >= 15 is 0 Å². The van der Waals surface area contributed by atoms with Crippen LogP contribution >= 0.6 is 0 Å². The maximum absolute atomic E-state index is 13.5. The summed E-state index contributed by atoms with van der Waals surface area (Å²) in [5.41, 5.74) is 3.78. The third-order valence-electron chi connectivity index (χ3n) is 4.78. The number of hydrogen-bond donors (Lipinski definition) is 0. The Bertz CT molecular complexity index is 753. The zero-order valence-electron chi connectivity index (χ0n) is 14.3. The Morgan fingerprint density at radius 1 is 1.21 bits per heavy atom. The highest BCUT2D eigenvalue weighted by molar-refractivity contribution is 5.89. The van der Waals surface area contributed by atoms with Gasteiger partial charge in [-0.3, -0.25) is 0 Å². The lowest BCUT2D eigenvalue weighted by atomic mass is 9.86. The molecule has 2 aromatic rings. The first-order chi connectivity index (χ1) is 11.4. The lowest BCUT2D eigenvalue weighted by molar-refractivity contribution is 0.0600. The van der Waals surface area contributed by atoms with Gasteiger partial charge in [-0.1, -0.05) is 12.1 Å². The molecule has 3 nitrogen and oxygen atoms in total. The average Bonchev–Trinajstić information content (AvgIpc) is 2.57. The average molecular weight is 327 g/mol. The Balaban J connectivity index is 1.89. The summed E-state index contributed by atoms with van der Waals surface area (Å²) < 4.78 is 18.3. The molecule has 0 N–H and O–H groups in total. The molecule has 0 bridgehead atoms. The molecule has 0 spiro atoms. The van der Waals surface area contributed by atoms with Crippen LogP contribution in [0.15, 0.2) is 42.5 Å². The molecule has 1 aliphatic rings. The molecule has 0 saturated heterocycles. The third kappa shape index (κ3) is 3.14. The molecule has 0 aromatic heterocycles. The van der Waals surface area contributed by atoms with E-state index in [1.165, 1.54) is 13.2 Å². The number of methoxy groups -OCH3 is 1. The number of halogens is 1. The number of carbonyl (C=O) groups excluding carboxylic acids is 1. The predicted octanol–water partition coefficient (Wildman–Crippen LogP) is 4.34. The number of esters is 1. The van der Waals surface area contributed by atoms with Gasteiger partial charge in [-0.2, -0.15) is 0 Å². The fourth-order valence-electron chi connectivity index (χ4n) is 3.27. The Kier molecular flexibility index (Phi) is 4.31. The first kappa shape index (κ1) is 16.5. The molecule has 2 aromatic carbocycles. The summed E-state index contributed by atoms with van der Waals surface area (Å²) in [5.74, 6) is -0.517. The van der Waals surface area contributed by atoms with Crippen molar-refractivity contribution >= 4 is 11.7 Å². The number of ether oxygens (including phenoxy) is 1. The molecule has 3 rings (SSSR count). The normalized spacial score (nSPS) is 15.8. The molecule has 0 radical (unpaired) electrons. The Morgan fingerprint density at radius 2 is 1.92 bits per heavy atom. The van der Waals surface area contributed by atoms with E-state index < -0.39 is 0 Å². The topological polar surface area (TPSA) is 29.5 Å². The zero-order chi connectivity index (χ0) is 17.3. The minimum atomic E-state index is -0.333. The maximum atomic E-state index is 13.5. The number of aryl methyl sites for hydroxylation is 1. The summed E-state index contributed by atoms with van der Waals surface area (Å²) in [6, 6.07) is 12.5.